The monoisotopic (exact) mass is 168 g/mol. The van der Waals surface area contributed by atoms with Crippen LogP contribution in [0.1, 0.15) is 34.1 Å². The fraction of sp³-hybridized carbons (Fsp3) is 0.636. The van der Waals surface area contributed by atoms with Gasteiger partial charge in [0.1, 0.15) is 0 Å². The molecule has 0 heterocycles. The highest BCUT2D eigenvalue weighted by Crippen LogP contribution is 2.07. The fourth-order valence-electron chi connectivity index (χ4n) is 0.972. The Labute approximate surface area is 75.8 Å². The molecule has 0 spiro atoms. The lowest BCUT2D eigenvalue weighted by Gasteiger charge is -2.02. The van der Waals surface area contributed by atoms with Gasteiger partial charge in [0.2, 0.25) is 0 Å². The van der Waals surface area contributed by atoms with Crippen molar-refractivity contribution in [3.8, 4) is 0 Å². The van der Waals surface area contributed by atoms with Crippen LogP contribution in [0.5, 0.6) is 0 Å². The van der Waals surface area contributed by atoms with Crippen molar-refractivity contribution >= 4 is 0 Å². The molecule has 0 saturated heterocycles. The summed E-state index contributed by atoms with van der Waals surface area (Å²) in [6.07, 6.45) is 5.34. The molecule has 1 N–H and O–H groups in total. The van der Waals surface area contributed by atoms with Crippen LogP contribution in [0.2, 0.25) is 0 Å². The molecule has 0 aliphatic rings. The van der Waals surface area contributed by atoms with Crippen LogP contribution < -0.4 is 0 Å². The summed E-state index contributed by atoms with van der Waals surface area (Å²) in [6, 6.07) is 0. The molecule has 1 heteroatoms. The van der Waals surface area contributed by atoms with Crippen LogP contribution in [0.3, 0.4) is 0 Å². The first-order chi connectivity index (χ1) is 5.56. The van der Waals surface area contributed by atoms with E-state index in [-0.39, 0.29) is 12.5 Å². The van der Waals surface area contributed by atoms with E-state index in [1.165, 1.54) is 11.1 Å². The number of hydrogen-bond acceptors (Lipinski definition) is 1. The molecular weight excluding hydrogens is 148 g/mol. The molecule has 1 unspecified atom stereocenters. The Morgan fingerprint density at radius 2 is 1.92 bits per heavy atom. The minimum atomic E-state index is 0.242. The van der Waals surface area contributed by atoms with Crippen LogP contribution in [0.15, 0.2) is 23.3 Å². The average Bonchev–Trinajstić information content (AvgIpc) is 2.00. The number of allylic oxidation sites excluding steroid dienone is 3. The topological polar surface area (TPSA) is 20.2 Å². The minimum Gasteiger partial charge on any atom is -0.396 e. The van der Waals surface area contributed by atoms with Gasteiger partial charge in [0.15, 0.2) is 0 Å². The molecule has 0 aromatic heterocycles. The molecule has 70 valence electrons. The Morgan fingerprint density at radius 1 is 1.33 bits per heavy atom. The third kappa shape index (κ3) is 6.17. The third-order valence-electron chi connectivity index (χ3n) is 1.69. The summed E-state index contributed by atoms with van der Waals surface area (Å²) in [5, 5.41) is 8.80. The van der Waals surface area contributed by atoms with Crippen LogP contribution in [-0.4, -0.2) is 11.7 Å². The second-order valence-corrected chi connectivity index (χ2v) is 3.66. The fourth-order valence-corrected chi connectivity index (χ4v) is 0.972. The van der Waals surface area contributed by atoms with Crippen LogP contribution >= 0.6 is 0 Å². The predicted molar refractivity (Wildman–Crippen MR) is 54.1 cm³/mol. The number of aliphatic hydroxyl groups is 1. The molecule has 0 aliphatic heterocycles. The number of aliphatic hydroxyl groups excluding tert-OH is 1. The van der Waals surface area contributed by atoms with Crippen molar-refractivity contribution in [3.63, 3.8) is 0 Å². The largest absolute Gasteiger partial charge is 0.396 e. The Kier molecular flexibility index (Phi) is 5.73. The lowest BCUT2D eigenvalue weighted by atomic mass is 10.1. The van der Waals surface area contributed by atoms with Crippen LogP contribution in [-0.2, 0) is 0 Å². The predicted octanol–water partition coefficient (Wildman–Crippen LogP) is 2.92. The van der Waals surface area contributed by atoms with Gasteiger partial charge in [-0.25, -0.2) is 0 Å². The summed E-state index contributed by atoms with van der Waals surface area (Å²) in [5.41, 5.74) is 2.68. The Bertz CT molecular complexity index is 173. The van der Waals surface area contributed by atoms with E-state index in [9.17, 15) is 0 Å². The molecule has 0 aromatic rings. The van der Waals surface area contributed by atoms with Gasteiger partial charge in [-0.3, -0.25) is 0 Å². The van der Waals surface area contributed by atoms with Gasteiger partial charge in [0.05, 0.1) is 0 Å². The van der Waals surface area contributed by atoms with Gasteiger partial charge in [-0.05, 0) is 33.1 Å². The molecule has 12 heavy (non-hydrogen) atoms. The summed E-state index contributed by atoms with van der Waals surface area (Å²) >= 11 is 0. The van der Waals surface area contributed by atoms with Crippen molar-refractivity contribution in [1.82, 2.24) is 0 Å². The normalized spacial score (nSPS) is 14.2. The average molecular weight is 168 g/mol. The summed E-state index contributed by atoms with van der Waals surface area (Å²) in [7, 11) is 0. The molecule has 0 bridgehead atoms. The first kappa shape index (κ1) is 11.4. The lowest BCUT2D eigenvalue weighted by Crippen LogP contribution is -1.96. The first-order valence-corrected chi connectivity index (χ1v) is 4.47. The van der Waals surface area contributed by atoms with Crippen LogP contribution in [0.25, 0.3) is 0 Å². The van der Waals surface area contributed by atoms with E-state index in [1.54, 1.807) is 0 Å². The highest BCUT2D eigenvalue weighted by molar-refractivity contribution is 5.08. The quantitative estimate of drug-likeness (QED) is 0.640. The zero-order valence-electron chi connectivity index (χ0n) is 8.59. The maximum atomic E-state index is 8.80. The van der Waals surface area contributed by atoms with Gasteiger partial charge in [-0.1, -0.05) is 30.2 Å². The van der Waals surface area contributed by atoms with Gasteiger partial charge >= 0.3 is 0 Å². The molecule has 0 amide bonds. The van der Waals surface area contributed by atoms with Crippen molar-refractivity contribution in [2.45, 2.75) is 34.1 Å². The van der Waals surface area contributed by atoms with E-state index >= 15 is 0 Å². The van der Waals surface area contributed by atoms with Crippen molar-refractivity contribution < 1.29 is 5.11 Å². The minimum absolute atomic E-state index is 0.242. The van der Waals surface area contributed by atoms with Gasteiger partial charge < -0.3 is 5.11 Å². The third-order valence-corrected chi connectivity index (χ3v) is 1.69. The summed E-state index contributed by atoms with van der Waals surface area (Å²) < 4.78 is 0. The summed E-state index contributed by atoms with van der Waals surface area (Å²) in [5.74, 6) is 0.288. The van der Waals surface area contributed by atoms with Gasteiger partial charge in [-0.15, -0.1) is 0 Å². The highest BCUT2D eigenvalue weighted by Gasteiger charge is 1.94. The first-order valence-electron chi connectivity index (χ1n) is 4.47. The molecular formula is C11H20O. The lowest BCUT2D eigenvalue weighted by molar-refractivity contribution is 0.261. The highest BCUT2D eigenvalue weighted by atomic mass is 16.3. The summed E-state index contributed by atoms with van der Waals surface area (Å²) in [6.45, 7) is 8.56. The molecule has 0 radical (unpaired) electrons. The maximum absolute atomic E-state index is 8.80. The van der Waals surface area contributed by atoms with E-state index < -0.39 is 0 Å². The van der Waals surface area contributed by atoms with Gasteiger partial charge in [-0.2, -0.15) is 0 Å². The SMILES string of the molecule is CC(C)=CC/C(C)=C/C(C)CO. The Balaban J connectivity index is 3.94. The maximum Gasteiger partial charge on any atom is 0.0491 e. The second kappa shape index (κ2) is 6.01. The van der Waals surface area contributed by atoms with Crippen molar-refractivity contribution in [2.75, 3.05) is 6.61 Å². The number of rotatable bonds is 4. The second-order valence-electron chi connectivity index (χ2n) is 3.66. The van der Waals surface area contributed by atoms with E-state index in [0.717, 1.165) is 6.42 Å². The van der Waals surface area contributed by atoms with E-state index in [0.29, 0.717) is 0 Å². The molecule has 0 aromatic carbocycles. The van der Waals surface area contributed by atoms with Crippen molar-refractivity contribution in [2.24, 2.45) is 5.92 Å². The van der Waals surface area contributed by atoms with Crippen molar-refractivity contribution in [3.05, 3.63) is 23.3 Å². The number of hydrogen-bond donors (Lipinski definition) is 1. The molecule has 0 aliphatic carbocycles. The molecule has 1 atom stereocenters. The Morgan fingerprint density at radius 3 is 2.33 bits per heavy atom. The van der Waals surface area contributed by atoms with E-state index in [1.807, 2.05) is 6.92 Å². The molecule has 0 saturated carbocycles. The van der Waals surface area contributed by atoms with Crippen molar-refractivity contribution in [1.29, 1.82) is 0 Å². The molecule has 0 fully saturated rings. The molecule has 0 rings (SSSR count). The molecule has 1 nitrogen and oxygen atoms in total. The standard InChI is InChI=1S/C11H20O/c1-9(2)5-6-10(3)7-11(4)8-12/h5,7,11-12H,6,8H2,1-4H3/b10-7+. The van der Waals surface area contributed by atoms with Gasteiger partial charge in [0.25, 0.3) is 0 Å². The zero-order valence-corrected chi connectivity index (χ0v) is 8.59. The van der Waals surface area contributed by atoms with Crippen LogP contribution in [0.4, 0.5) is 0 Å². The van der Waals surface area contributed by atoms with Gasteiger partial charge in [0, 0.05) is 6.61 Å². The summed E-state index contributed by atoms with van der Waals surface area (Å²) in [4.78, 5) is 0. The smallest absolute Gasteiger partial charge is 0.0491 e. The van der Waals surface area contributed by atoms with E-state index in [4.69, 9.17) is 5.11 Å². The van der Waals surface area contributed by atoms with Crippen LogP contribution in [0, 0.1) is 5.92 Å². The Hall–Kier alpha value is -0.560. The zero-order chi connectivity index (χ0) is 9.56. The van der Waals surface area contributed by atoms with E-state index in [2.05, 4.69) is 32.9 Å².